The highest BCUT2D eigenvalue weighted by Gasteiger charge is 2.09. The van der Waals surface area contributed by atoms with Crippen LogP contribution < -0.4 is 10.7 Å². The van der Waals surface area contributed by atoms with Gasteiger partial charge in [0.15, 0.2) is 0 Å². The third kappa shape index (κ3) is 6.04. The van der Waals surface area contributed by atoms with Crippen molar-refractivity contribution in [1.82, 2.24) is 10.7 Å². The van der Waals surface area contributed by atoms with Crippen molar-refractivity contribution in [3.63, 3.8) is 0 Å². The summed E-state index contributed by atoms with van der Waals surface area (Å²) in [7, 11) is 0. The van der Waals surface area contributed by atoms with Crippen LogP contribution in [0.25, 0.3) is 0 Å². The summed E-state index contributed by atoms with van der Waals surface area (Å²) in [4.78, 5) is 22.8. The minimum Gasteiger partial charge on any atom is -0.353 e. The van der Waals surface area contributed by atoms with E-state index in [0.29, 0.717) is 15.6 Å². The molecule has 1 aromatic carbocycles. The van der Waals surface area contributed by atoms with Gasteiger partial charge in [-0.05, 0) is 26.0 Å². The largest absolute Gasteiger partial charge is 0.353 e. The van der Waals surface area contributed by atoms with E-state index in [1.54, 1.807) is 18.2 Å². The molecule has 0 atom stereocenters. The zero-order valence-corrected chi connectivity index (χ0v) is 12.6. The first-order valence-corrected chi connectivity index (χ1v) is 6.70. The van der Waals surface area contributed by atoms with E-state index < -0.39 is 5.91 Å². The van der Waals surface area contributed by atoms with Gasteiger partial charge in [-0.2, -0.15) is 5.10 Å². The zero-order valence-electron chi connectivity index (χ0n) is 11.1. The highest BCUT2D eigenvalue weighted by Crippen LogP contribution is 2.19. The van der Waals surface area contributed by atoms with Gasteiger partial charge in [-0.1, -0.05) is 29.3 Å². The van der Waals surface area contributed by atoms with E-state index in [-0.39, 0.29) is 18.4 Å². The summed E-state index contributed by atoms with van der Waals surface area (Å²) >= 11 is 11.7. The van der Waals surface area contributed by atoms with Crippen LogP contribution in [0.3, 0.4) is 0 Å². The van der Waals surface area contributed by atoms with Crippen LogP contribution in [0.5, 0.6) is 0 Å². The Morgan fingerprint density at radius 3 is 2.60 bits per heavy atom. The molecule has 7 heteroatoms. The standard InChI is InChI=1S/C13H15Cl2N3O2/c1-8(2)17-12(19)6-13(20)18-16-7-9-3-4-10(14)5-11(9)15/h3-5,7-8H,6H2,1-2H3,(H,17,19)(H,18,20)/b16-7+. The molecular formula is C13H15Cl2N3O2. The second-order valence-corrected chi connectivity index (χ2v) is 5.20. The lowest BCUT2D eigenvalue weighted by Gasteiger charge is -2.06. The van der Waals surface area contributed by atoms with Crippen LogP contribution >= 0.6 is 23.2 Å². The molecule has 0 aliphatic carbocycles. The molecule has 0 radical (unpaired) electrons. The SMILES string of the molecule is CC(C)NC(=O)CC(=O)N/N=C/c1ccc(Cl)cc1Cl. The Morgan fingerprint density at radius 1 is 1.30 bits per heavy atom. The molecular weight excluding hydrogens is 301 g/mol. The predicted molar refractivity (Wildman–Crippen MR) is 80.1 cm³/mol. The van der Waals surface area contributed by atoms with Crippen LogP contribution in [0.1, 0.15) is 25.8 Å². The van der Waals surface area contributed by atoms with E-state index in [0.717, 1.165) is 0 Å². The van der Waals surface area contributed by atoms with Crippen molar-refractivity contribution in [1.29, 1.82) is 0 Å². The van der Waals surface area contributed by atoms with Crippen molar-refractivity contribution in [2.45, 2.75) is 26.3 Å². The lowest BCUT2D eigenvalue weighted by molar-refractivity contribution is -0.129. The fraction of sp³-hybridized carbons (Fsp3) is 0.308. The molecule has 0 unspecified atom stereocenters. The van der Waals surface area contributed by atoms with Gasteiger partial charge in [0.25, 0.3) is 0 Å². The van der Waals surface area contributed by atoms with Gasteiger partial charge in [-0.25, -0.2) is 5.43 Å². The maximum absolute atomic E-state index is 11.4. The molecule has 2 N–H and O–H groups in total. The molecule has 108 valence electrons. The number of hydrazone groups is 1. The minimum atomic E-state index is -0.496. The first-order valence-electron chi connectivity index (χ1n) is 5.95. The Hall–Kier alpha value is -1.59. The monoisotopic (exact) mass is 315 g/mol. The van der Waals surface area contributed by atoms with E-state index >= 15 is 0 Å². The number of benzene rings is 1. The van der Waals surface area contributed by atoms with Crippen LogP contribution in [0.4, 0.5) is 0 Å². The maximum atomic E-state index is 11.4. The molecule has 1 aromatic rings. The summed E-state index contributed by atoms with van der Waals surface area (Å²) in [6.45, 7) is 3.63. The molecule has 0 spiro atoms. The molecule has 0 aromatic heterocycles. The van der Waals surface area contributed by atoms with Gasteiger partial charge in [0.05, 0.1) is 11.2 Å². The number of hydrogen-bond donors (Lipinski definition) is 2. The van der Waals surface area contributed by atoms with Gasteiger partial charge in [0, 0.05) is 16.6 Å². The van der Waals surface area contributed by atoms with E-state index in [9.17, 15) is 9.59 Å². The van der Waals surface area contributed by atoms with Crippen LogP contribution in [-0.4, -0.2) is 24.1 Å². The summed E-state index contributed by atoms with van der Waals surface area (Å²) in [6.07, 6.45) is 1.11. The molecule has 1 rings (SSSR count). The quantitative estimate of drug-likeness (QED) is 0.497. The molecule has 2 amide bonds. The molecule has 20 heavy (non-hydrogen) atoms. The number of nitrogens with zero attached hydrogens (tertiary/aromatic N) is 1. The molecule has 0 fully saturated rings. The van der Waals surface area contributed by atoms with Crippen molar-refractivity contribution in [3.8, 4) is 0 Å². The summed E-state index contributed by atoms with van der Waals surface area (Å²) in [5, 5.41) is 7.28. The lowest BCUT2D eigenvalue weighted by atomic mass is 10.2. The summed E-state index contributed by atoms with van der Waals surface area (Å²) < 4.78 is 0. The fourth-order valence-electron chi connectivity index (χ4n) is 1.34. The van der Waals surface area contributed by atoms with Crippen molar-refractivity contribution < 1.29 is 9.59 Å². The lowest BCUT2D eigenvalue weighted by Crippen LogP contribution is -2.34. The number of nitrogens with one attached hydrogen (secondary N) is 2. The average molecular weight is 316 g/mol. The number of rotatable bonds is 5. The van der Waals surface area contributed by atoms with Gasteiger partial charge in [0.2, 0.25) is 11.8 Å². The average Bonchev–Trinajstić information content (AvgIpc) is 2.30. The van der Waals surface area contributed by atoms with Gasteiger partial charge < -0.3 is 5.32 Å². The summed E-state index contributed by atoms with van der Waals surface area (Å²) in [5.41, 5.74) is 2.87. The molecule has 0 aliphatic heterocycles. The maximum Gasteiger partial charge on any atom is 0.249 e. The summed E-state index contributed by atoms with van der Waals surface area (Å²) in [5.74, 6) is -0.846. The van der Waals surface area contributed by atoms with Gasteiger partial charge in [0.1, 0.15) is 6.42 Å². The van der Waals surface area contributed by atoms with Crippen molar-refractivity contribution in [2.24, 2.45) is 5.10 Å². The Labute approximate surface area is 127 Å². The van der Waals surface area contributed by atoms with E-state index in [2.05, 4.69) is 15.8 Å². The van der Waals surface area contributed by atoms with Gasteiger partial charge in [-0.15, -0.1) is 0 Å². The van der Waals surface area contributed by atoms with Crippen molar-refractivity contribution in [3.05, 3.63) is 33.8 Å². The van der Waals surface area contributed by atoms with Crippen LogP contribution in [0.15, 0.2) is 23.3 Å². The number of hydrogen-bond acceptors (Lipinski definition) is 3. The number of amides is 2. The van der Waals surface area contributed by atoms with E-state index in [1.165, 1.54) is 6.21 Å². The highest BCUT2D eigenvalue weighted by molar-refractivity contribution is 6.36. The Balaban J connectivity index is 2.48. The smallest absolute Gasteiger partial charge is 0.249 e. The molecule has 0 bridgehead atoms. The second kappa shape index (κ2) is 7.87. The molecule has 0 saturated carbocycles. The fourth-order valence-corrected chi connectivity index (χ4v) is 1.80. The number of carbonyl (C=O) groups is 2. The molecule has 0 aliphatic rings. The third-order valence-electron chi connectivity index (χ3n) is 2.13. The van der Waals surface area contributed by atoms with Crippen molar-refractivity contribution >= 4 is 41.2 Å². The van der Waals surface area contributed by atoms with Crippen LogP contribution in [0, 0.1) is 0 Å². The zero-order chi connectivity index (χ0) is 15.1. The van der Waals surface area contributed by atoms with Crippen LogP contribution in [0.2, 0.25) is 10.0 Å². The van der Waals surface area contributed by atoms with Crippen molar-refractivity contribution in [2.75, 3.05) is 0 Å². The van der Waals surface area contributed by atoms with E-state index in [4.69, 9.17) is 23.2 Å². The Kier molecular flexibility index (Phi) is 6.48. The number of halogens is 2. The molecule has 5 nitrogen and oxygen atoms in total. The highest BCUT2D eigenvalue weighted by atomic mass is 35.5. The first-order chi connectivity index (χ1) is 9.38. The molecule has 0 heterocycles. The Bertz CT molecular complexity index is 530. The van der Waals surface area contributed by atoms with E-state index in [1.807, 2.05) is 13.8 Å². The van der Waals surface area contributed by atoms with Gasteiger partial charge in [-0.3, -0.25) is 9.59 Å². The summed E-state index contributed by atoms with van der Waals surface area (Å²) in [6, 6.07) is 4.90. The normalized spacial score (nSPS) is 10.8. The van der Waals surface area contributed by atoms with Gasteiger partial charge >= 0.3 is 0 Å². The second-order valence-electron chi connectivity index (χ2n) is 4.36. The number of carbonyl (C=O) groups excluding carboxylic acids is 2. The minimum absolute atomic E-state index is 0.00771. The predicted octanol–water partition coefficient (Wildman–Crippen LogP) is 2.36. The Morgan fingerprint density at radius 2 is 2.00 bits per heavy atom. The van der Waals surface area contributed by atoms with Crippen LogP contribution in [-0.2, 0) is 9.59 Å². The molecule has 0 saturated heterocycles. The first kappa shape index (κ1) is 16.5. The third-order valence-corrected chi connectivity index (χ3v) is 2.69. The topological polar surface area (TPSA) is 70.6 Å².